The molecule has 0 aliphatic carbocycles. The second-order valence-corrected chi connectivity index (χ2v) is 7.21. The zero-order valence-corrected chi connectivity index (χ0v) is 16.1. The van der Waals surface area contributed by atoms with Gasteiger partial charge in [-0.3, -0.25) is 4.79 Å². The number of unbranched alkanes of at least 4 members (excludes halogenated alkanes) is 2. The van der Waals surface area contributed by atoms with Gasteiger partial charge in [-0.25, -0.2) is 4.79 Å². The van der Waals surface area contributed by atoms with Crippen LogP contribution in [0.4, 0.5) is 4.79 Å². The summed E-state index contributed by atoms with van der Waals surface area (Å²) in [6.45, 7) is 7.40. The average Bonchev–Trinajstić information content (AvgIpc) is 2.55. The van der Waals surface area contributed by atoms with Crippen molar-refractivity contribution in [3.05, 3.63) is 35.9 Å². The highest BCUT2D eigenvalue weighted by Gasteiger charge is 2.21. The van der Waals surface area contributed by atoms with Crippen molar-refractivity contribution >= 4 is 12.1 Å². The zero-order chi connectivity index (χ0) is 19.4. The lowest BCUT2D eigenvalue weighted by Gasteiger charge is -2.27. The van der Waals surface area contributed by atoms with E-state index in [1.54, 1.807) is 4.90 Å². The Labute approximate surface area is 156 Å². The SMILES string of the molecule is CC(C)(C)OC(=O)N(CCCCCC(=O)O)CCOCc1ccccc1. The first kappa shape index (κ1) is 22.0. The number of rotatable bonds is 11. The number of carboxylic acid groups (broad SMARTS) is 1. The van der Waals surface area contributed by atoms with Crippen molar-refractivity contribution in [2.45, 2.75) is 58.7 Å². The van der Waals surface area contributed by atoms with Crippen LogP contribution in [0, 0.1) is 0 Å². The second kappa shape index (κ2) is 11.5. The minimum atomic E-state index is -0.789. The Morgan fingerprint density at radius 1 is 1.04 bits per heavy atom. The number of carbonyl (C=O) groups excluding carboxylic acids is 1. The predicted molar refractivity (Wildman–Crippen MR) is 100 cm³/mol. The highest BCUT2D eigenvalue weighted by molar-refractivity contribution is 5.68. The molecule has 1 amide bonds. The third-order valence-corrected chi connectivity index (χ3v) is 3.59. The van der Waals surface area contributed by atoms with Gasteiger partial charge in [-0.15, -0.1) is 0 Å². The summed E-state index contributed by atoms with van der Waals surface area (Å²) in [6.07, 6.45) is 1.91. The largest absolute Gasteiger partial charge is 0.481 e. The number of ether oxygens (including phenoxy) is 2. The van der Waals surface area contributed by atoms with Crippen molar-refractivity contribution in [2.75, 3.05) is 19.7 Å². The fourth-order valence-corrected chi connectivity index (χ4v) is 2.32. The summed E-state index contributed by atoms with van der Waals surface area (Å²) in [5.41, 5.74) is 0.536. The van der Waals surface area contributed by atoms with Crippen molar-refractivity contribution < 1.29 is 24.2 Å². The quantitative estimate of drug-likeness (QED) is 0.598. The van der Waals surface area contributed by atoms with Gasteiger partial charge >= 0.3 is 12.1 Å². The predicted octanol–water partition coefficient (Wildman–Crippen LogP) is 4.09. The fourth-order valence-electron chi connectivity index (χ4n) is 2.32. The molecule has 0 radical (unpaired) electrons. The first-order valence-electron chi connectivity index (χ1n) is 9.09. The van der Waals surface area contributed by atoms with E-state index in [-0.39, 0.29) is 12.5 Å². The minimum Gasteiger partial charge on any atom is -0.481 e. The first-order valence-corrected chi connectivity index (χ1v) is 9.09. The Kier molecular flexibility index (Phi) is 9.73. The Hall–Kier alpha value is -2.08. The monoisotopic (exact) mass is 365 g/mol. The molecular formula is C20H31NO5. The van der Waals surface area contributed by atoms with Crippen molar-refractivity contribution in [3.63, 3.8) is 0 Å². The molecule has 0 saturated heterocycles. The van der Waals surface area contributed by atoms with E-state index >= 15 is 0 Å². The molecule has 1 aromatic carbocycles. The van der Waals surface area contributed by atoms with E-state index in [1.807, 2.05) is 51.1 Å². The summed E-state index contributed by atoms with van der Waals surface area (Å²) in [7, 11) is 0. The summed E-state index contributed by atoms with van der Waals surface area (Å²) in [6, 6.07) is 9.87. The molecule has 1 aromatic rings. The third kappa shape index (κ3) is 10.7. The van der Waals surface area contributed by atoms with E-state index < -0.39 is 11.6 Å². The molecule has 0 saturated carbocycles. The first-order chi connectivity index (χ1) is 12.3. The number of hydrogen-bond donors (Lipinski definition) is 1. The van der Waals surface area contributed by atoms with Crippen LogP contribution >= 0.6 is 0 Å². The molecule has 0 aromatic heterocycles. The lowest BCUT2D eigenvalue weighted by molar-refractivity contribution is -0.137. The van der Waals surface area contributed by atoms with Gasteiger partial charge in [0, 0.05) is 19.5 Å². The van der Waals surface area contributed by atoms with Gasteiger partial charge in [-0.2, -0.15) is 0 Å². The molecule has 0 spiro atoms. The third-order valence-electron chi connectivity index (χ3n) is 3.59. The molecule has 1 N–H and O–H groups in total. The van der Waals surface area contributed by atoms with E-state index in [2.05, 4.69) is 0 Å². The van der Waals surface area contributed by atoms with Gasteiger partial charge < -0.3 is 19.5 Å². The molecule has 6 nitrogen and oxygen atoms in total. The summed E-state index contributed by atoms with van der Waals surface area (Å²) in [4.78, 5) is 24.5. The highest BCUT2D eigenvalue weighted by Crippen LogP contribution is 2.11. The topological polar surface area (TPSA) is 76.1 Å². The molecule has 0 aliphatic heterocycles. The number of amides is 1. The summed E-state index contributed by atoms with van der Waals surface area (Å²) in [5, 5.41) is 8.67. The Bertz CT molecular complexity index is 539. The minimum absolute atomic E-state index is 0.159. The fraction of sp³-hybridized carbons (Fsp3) is 0.600. The van der Waals surface area contributed by atoms with Crippen LogP contribution in [0.3, 0.4) is 0 Å². The summed E-state index contributed by atoms with van der Waals surface area (Å²) >= 11 is 0. The lowest BCUT2D eigenvalue weighted by Crippen LogP contribution is -2.39. The van der Waals surface area contributed by atoms with Gasteiger partial charge in [0.1, 0.15) is 5.60 Å². The standard InChI is InChI=1S/C20H31NO5/c1-20(2,3)26-19(24)21(13-9-5-8-12-18(22)23)14-15-25-16-17-10-6-4-7-11-17/h4,6-7,10-11H,5,8-9,12-16H2,1-3H3,(H,22,23). The second-order valence-electron chi connectivity index (χ2n) is 7.21. The average molecular weight is 365 g/mol. The highest BCUT2D eigenvalue weighted by atomic mass is 16.6. The van der Waals surface area contributed by atoms with Crippen LogP contribution in [-0.4, -0.2) is 47.4 Å². The molecule has 0 bridgehead atoms. The Morgan fingerprint density at radius 2 is 1.73 bits per heavy atom. The number of hydrogen-bond acceptors (Lipinski definition) is 4. The van der Waals surface area contributed by atoms with Crippen LogP contribution in [0.2, 0.25) is 0 Å². The van der Waals surface area contributed by atoms with E-state index in [9.17, 15) is 9.59 Å². The van der Waals surface area contributed by atoms with Gasteiger partial charge in [-0.1, -0.05) is 36.8 Å². The lowest BCUT2D eigenvalue weighted by atomic mass is 10.2. The van der Waals surface area contributed by atoms with E-state index in [0.29, 0.717) is 32.7 Å². The summed E-state index contributed by atoms with van der Waals surface area (Å²) in [5.74, 6) is -0.789. The molecule has 1 rings (SSSR count). The molecule has 6 heteroatoms. The molecule has 0 atom stereocenters. The van der Waals surface area contributed by atoms with Gasteiger partial charge in [0.25, 0.3) is 0 Å². The van der Waals surface area contributed by atoms with Crippen LogP contribution in [-0.2, 0) is 20.9 Å². The number of carbonyl (C=O) groups is 2. The van der Waals surface area contributed by atoms with Gasteiger partial charge in [-0.05, 0) is 39.2 Å². The van der Waals surface area contributed by atoms with E-state index in [4.69, 9.17) is 14.6 Å². The van der Waals surface area contributed by atoms with Crippen LogP contribution in [0.15, 0.2) is 30.3 Å². The molecular weight excluding hydrogens is 334 g/mol. The van der Waals surface area contributed by atoms with Crippen LogP contribution in [0.5, 0.6) is 0 Å². The molecule has 146 valence electrons. The van der Waals surface area contributed by atoms with Crippen molar-refractivity contribution in [2.24, 2.45) is 0 Å². The number of benzene rings is 1. The maximum absolute atomic E-state index is 12.3. The molecule has 26 heavy (non-hydrogen) atoms. The zero-order valence-electron chi connectivity index (χ0n) is 16.1. The van der Waals surface area contributed by atoms with Crippen molar-refractivity contribution in [1.82, 2.24) is 4.90 Å². The molecule has 0 unspecified atom stereocenters. The van der Waals surface area contributed by atoms with E-state index in [0.717, 1.165) is 18.4 Å². The van der Waals surface area contributed by atoms with E-state index in [1.165, 1.54) is 0 Å². The van der Waals surface area contributed by atoms with Crippen LogP contribution in [0.1, 0.15) is 52.0 Å². The Balaban J connectivity index is 2.40. The van der Waals surface area contributed by atoms with Gasteiger partial charge in [0.05, 0.1) is 13.2 Å². The number of carboxylic acids is 1. The van der Waals surface area contributed by atoms with Crippen LogP contribution < -0.4 is 0 Å². The smallest absolute Gasteiger partial charge is 0.410 e. The Morgan fingerprint density at radius 3 is 2.35 bits per heavy atom. The maximum atomic E-state index is 12.3. The van der Waals surface area contributed by atoms with Crippen molar-refractivity contribution in [1.29, 1.82) is 0 Å². The van der Waals surface area contributed by atoms with Crippen LogP contribution in [0.25, 0.3) is 0 Å². The summed E-state index contributed by atoms with van der Waals surface area (Å²) < 4.78 is 11.1. The van der Waals surface area contributed by atoms with Crippen molar-refractivity contribution in [3.8, 4) is 0 Å². The molecule has 0 heterocycles. The number of aliphatic carboxylic acids is 1. The molecule has 0 fully saturated rings. The number of nitrogens with zero attached hydrogens (tertiary/aromatic N) is 1. The normalized spacial score (nSPS) is 11.2. The van der Waals surface area contributed by atoms with Gasteiger partial charge in [0.2, 0.25) is 0 Å². The molecule has 0 aliphatic rings. The van der Waals surface area contributed by atoms with Gasteiger partial charge in [0.15, 0.2) is 0 Å². The maximum Gasteiger partial charge on any atom is 0.410 e.